The van der Waals surface area contributed by atoms with Crippen LogP contribution >= 0.6 is 0 Å². The Kier molecular flexibility index (Phi) is 64.7. The Hall–Kier alpha value is -9.01. The van der Waals surface area contributed by atoms with Gasteiger partial charge in [-0.05, 0) is 70.3 Å². The van der Waals surface area contributed by atoms with Gasteiger partial charge in [0.25, 0.3) is 5.56 Å². The highest BCUT2D eigenvalue weighted by molar-refractivity contribution is 5.98. The number of aliphatic carboxylic acids is 1. The highest BCUT2D eigenvalue weighted by Crippen LogP contribution is 2.13. The zero-order valence-electron chi connectivity index (χ0n) is 70.8. The van der Waals surface area contributed by atoms with Gasteiger partial charge in [-0.25, -0.2) is 19.4 Å². The molecule has 3 rings (SSSR count). The van der Waals surface area contributed by atoms with E-state index in [1.807, 2.05) is 0 Å². The minimum absolute atomic E-state index is 0.0232. The molecule has 17 N–H and O–H groups in total. The van der Waals surface area contributed by atoms with Crippen molar-refractivity contribution in [3.05, 3.63) is 58.0 Å². The maximum absolute atomic E-state index is 14.0. The second-order valence-electron chi connectivity index (χ2n) is 28.0. The highest BCUT2D eigenvalue weighted by Gasteiger charge is 2.33. The van der Waals surface area contributed by atoms with Crippen molar-refractivity contribution in [3.8, 4) is 0 Å². The van der Waals surface area contributed by atoms with Crippen LogP contribution in [0, 0.1) is 6.92 Å². The van der Waals surface area contributed by atoms with Crippen molar-refractivity contribution in [1.82, 2.24) is 63.1 Å². The van der Waals surface area contributed by atoms with Gasteiger partial charge in [-0.3, -0.25) is 53.6 Å². The Morgan fingerprint density at radius 1 is 0.438 bits per heavy atom. The number of carboxylic acids is 1. The first-order valence-electron chi connectivity index (χ1n) is 42.4. The number of nitrogens with zero attached hydrogens (tertiary/aromatic N) is 2. The molecule has 688 valence electrons. The third-order valence-electron chi connectivity index (χ3n) is 17.8. The molecular weight excluding hydrogens is 1580 g/mol. The lowest BCUT2D eigenvalue weighted by atomic mass is 10.0. The number of hydrogen-bond donors (Lipinski definition) is 15. The van der Waals surface area contributed by atoms with Crippen LogP contribution in [0.3, 0.4) is 0 Å². The number of hydrogen-bond acceptors (Lipinski definition) is 26. The Balaban J connectivity index is 0.999. The average Bonchev–Trinajstić information content (AvgIpc) is 1.84. The molecule has 0 spiro atoms. The molecule has 2 heterocycles. The van der Waals surface area contributed by atoms with Crippen LogP contribution in [-0.4, -0.2) is 316 Å². The molecule has 1 aromatic carbocycles. The predicted octanol–water partition coefficient (Wildman–Crippen LogP) is 1.40. The van der Waals surface area contributed by atoms with E-state index in [1.54, 1.807) is 37.3 Å². The molecule has 1 aliphatic rings. The van der Waals surface area contributed by atoms with E-state index in [0.29, 0.717) is 189 Å². The molecule has 41 heteroatoms. The van der Waals surface area contributed by atoms with Gasteiger partial charge in [0.05, 0.1) is 172 Å². The summed E-state index contributed by atoms with van der Waals surface area (Å²) in [4.78, 5) is 150. The van der Waals surface area contributed by atoms with Crippen molar-refractivity contribution in [2.45, 2.75) is 172 Å². The average molecular weight is 1720 g/mol. The predicted molar refractivity (Wildman–Crippen MR) is 446 cm³/mol. The van der Waals surface area contributed by atoms with Gasteiger partial charge < -0.3 is 131 Å². The smallest absolute Gasteiger partial charge is 0.407 e. The molecule has 1 fully saturated rings. The third kappa shape index (κ3) is 62.7. The van der Waals surface area contributed by atoms with Gasteiger partial charge in [0.15, 0.2) is 5.96 Å². The maximum atomic E-state index is 14.0. The number of rotatable bonds is 73. The summed E-state index contributed by atoms with van der Waals surface area (Å²) < 4.78 is 71.6. The van der Waals surface area contributed by atoms with E-state index in [2.05, 4.69) is 73.4 Å². The number of aryl methyl sites for hydroxylation is 1. The van der Waals surface area contributed by atoms with Gasteiger partial charge in [0.2, 0.25) is 41.4 Å². The lowest BCUT2D eigenvalue weighted by Crippen LogP contribution is -2.58. The third-order valence-corrected chi connectivity index (χ3v) is 17.8. The summed E-state index contributed by atoms with van der Waals surface area (Å²) in [6.45, 7) is 13.0. The summed E-state index contributed by atoms with van der Waals surface area (Å²) in [7, 11) is 0. The van der Waals surface area contributed by atoms with Crippen LogP contribution in [0.1, 0.15) is 146 Å². The van der Waals surface area contributed by atoms with Crippen molar-refractivity contribution in [1.29, 1.82) is 0 Å². The summed E-state index contributed by atoms with van der Waals surface area (Å²) in [5.74, 6) is -5.90. The summed E-state index contributed by atoms with van der Waals surface area (Å²) >= 11 is 0. The van der Waals surface area contributed by atoms with Crippen LogP contribution in [0.15, 0.2) is 46.2 Å². The van der Waals surface area contributed by atoms with E-state index in [9.17, 15) is 57.8 Å². The zero-order valence-corrected chi connectivity index (χ0v) is 70.8. The fourth-order valence-electron chi connectivity index (χ4n) is 11.5. The van der Waals surface area contributed by atoms with Crippen LogP contribution in [-0.2, 0) is 102 Å². The molecule has 0 saturated carbocycles. The van der Waals surface area contributed by atoms with Crippen molar-refractivity contribution >= 4 is 71.5 Å². The normalized spacial score (nSPS) is 15.2. The number of urea groups is 2. The highest BCUT2D eigenvalue weighted by atomic mass is 16.6. The SMILES string of the molecule is Cc1cc(=O)[nH]c(NC(=O)NCCCCCCNC(=O)NCCCCCCCCCCCCNC(=O)OCCOCCOCCOCCOCCOCCOCCOCCOCCOCCOCCOCCOCCC(=O)NCCCC[C@@H]2NC(=O)[C@@H](Cc3ccccc3)NC(=O)[C@H](CC(=O)O)NC(=O)CNC(=O)[C@H](CCCN=C(N)N)NC2=O)n1. The number of amides is 11. The number of H-pyrrole nitrogens is 1. The van der Waals surface area contributed by atoms with E-state index in [4.69, 9.17) is 73.0 Å². The minimum atomic E-state index is -1.62. The number of alkyl carbamates (subject to hydrolysis) is 1. The second-order valence-corrected chi connectivity index (χ2v) is 28.0. The van der Waals surface area contributed by atoms with Gasteiger partial charge in [-0.15, -0.1) is 0 Å². The first-order chi connectivity index (χ1) is 58.9. The molecule has 1 aromatic heterocycles. The van der Waals surface area contributed by atoms with Gasteiger partial charge in [-0.1, -0.05) is 94.5 Å². The molecule has 1 saturated heterocycles. The van der Waals surface area contributed by atoms with Crippen molar-refractivity contribution < 1.29 is 115 Å². The number of nitrogens with two attached hydrogens (primary N) is 2. The maximum Gasteiger partial charge on any atom is 0.407 e. The van der Waals surface area contributed by atoms with Crippen molar-refractivity contribution in [2.75, 3.05) is 216 Å². The first-order valence-corrected chi connectivity index (χ1v) is 42.4. The summed E-state index contributed by atoms with van der Waals surface area (Å²) in [6, 6.07) is 4.02. The summed E-state index contributed by atoms with van der Waals surface area (Å²) in [5, 5.41) is 38.9. The summed E-state index contributed by atoms with van der Waals surface area (Å²) in [5.41, 5.74) is 11.7. The van der Waals surface area contributed by atoms with Crippen LogP contribution in [0.25, 0.3) is 0 Å². The lowest BCUT2D eigenvalue weighted by Gasteiger charge is -2.26. The molecule has 1 aliphatic heterocycles. The number of carbonyl (C=O) groups excluding carboxylic acids is 9. The van der Waals surface area contributed by atoms with Crippen molar-refractivity contribution in [3.63, 3.8) is 0 Å². The number of anilines is 1. The van der Waals surface area contributed by atoms with Gasteiger partial charge in [-0.2, -0.15) is 0 Å². The number of carboxylic acid groups (broad SMARTS) is 1. The zero-order chi connectivity index (χ0) is 87.5. The molecule has 0 bridgehead atoms. The quantitative estimate of drug-likeness (QED) is 0.0253. The topological polar surface area (TPSA) is 553 Å². The van der Waals surface area contributed by atoms with Gasteiger partial charge in [0, 0.05) is 63.9 Å². The van der Waals surface area contributed by atoms with Crippen molar-refractivity contribution in [2.24, 2.45) is 16.5 Å². The number of unbranched alkanes of at least 4 members (excludes halogenated alkanes) is 13. The number of ether oxygens (including phenoxy) is 13. The van der Waals surface area contributed by atoms with Gasteiger partial charge in [0.1, 0.15) is 30.8 Å². The molecule has 0 radical (unpaired) electrons. The molecular formula is C80H138N16O25. The number of benzene rings is 1. The van der Waals surface area contributed by atoms with E-state index < -0.39 is 84.8 Å². The number of carbonyl (C=O) groups is 10. The largest absolute Gasteiger partial charge is 0.481 e. The monoisotopic (exact) mass is 1720 g/mol. The number of aromatic amines is 1. The Morgan fingerprint density at radius 3 is 1.27 bits per heavy atom. The van der Waals surface area contributed by atoms with E-state index in [-0.39, 0.29) is 101 Å². The van der Waals surface area contributed by atoms with Crippen LogP contribution in [0.5, 0.6) is 0 Å². The van der Waals surface area contributed by atoms with E-state index in [1.165, 1.54) is 31.7 Å². The van der Waals surface area contributed by atoms with Crippen LogP contribution < -0.4 is 75.5 Å². The first kappa shape index (κ1) is 106. The van der Waals surface area contributed by atoms with Crippen LogP contribution in [0.4, 0.5) is 20.3 Å². The summed E-state index contributed by atoms with van der Waals surface area (Å²) in [6.07, 6.45) is 14.3. The number of nitrogens with one attached hydrogen (secondary N) is 12. The Labute approximate surface area is 709 Å². The minimum Gasteiger partial charge on any atom is -0.481 e. The van der Waals surface area contributed by atoms with E-state index >= 15 is 0 Å². The fraction of sp³-hybridized carbons (Fsp3) is 0.738. The molecule has 0 aliphatic carbocycles. The van der Waals surface area contributed by atoms with E-state index in [0.717, 1.165) is 64.2 Å². The molecule has 121 heavy (non-hydrogen) atoms. The Morgan fingerprint density at radius 2 is 0.818 bits per heavy atom. The lowest BCUT2D eigenvalue weighted by molar-refractivity contribution is -0.141. The number of aromatic nitrogens is 2. The number of aliphatic imine (C=N–C) groups is 1. The van der Waals surface area contributed by atoms with Gasteiger partial charge >= 0.3 is 24.1 Å². The van der Waals surface area contributed by atoms with Crippen LogP contribution in [0.2, 0.25) is 0 Å². The fourth-order valence-corrected chi connectivity index (χ4v) is 11.5. The molecule has 11 amide bonds. The molecule has 4 atom stereocenters. The molecule has 2 aromatic rings. The Bertz CT molecular complexity index is 3200. The molecule has 41 nitrogen and oxygen atoms in total. The standard InChI is InChI=1S/C80H138N16O25/c1-62-58-69(98)95-77(90-62)96-79(107)87-30-18-11-10-17-29-86-78(106)85-28-16-8-6-4-2-3-5-7-9-19-31-88-80(108)121-57-56-120-55-54-119-53-52-118-51-50-117-49-48-116-47-46-115-45-44-114-43-42-113-41-40-112-39-38-111-37-36-110-35-34-109-33-26-68(97)83-27-20-15-24-65-73(103)92-64(25-21-32-84-76(81)82)72(102)89-61-70(99)91-67(60-71(100)101)75(105)94-66(74(104)93-65)59-63-22-13-12-14-23-63/h12-14,22-23,58,64-67H,2-11,15-21,24-57,59-61H2,1H3,(H,83,97)(H,88,108)(H,89,102)(H,91,99)(H,92,103)(H,93,104)(H,94,105)(H,100,101)(H4,81,82,84)(H2,85,86,106)(H3,87,90,95,96,98,107)/t64-,65-,66+,67-/m0/s1. The molecule has 0 unspecified atom stereocenters. The second kappa shape index (κ2) is 73.7. The number of guanidine groups is 1.